The topological polar surface area (TPSA) is 55.1 Å². The summed E-state index contributed by atoms with van der Waals surface area (Å²) in [6.07, 6.45) is 0. The Kier molecular flexibility index (Phi) is 5.53. The van der Waals surface area contributed by atoms with Crippen molar-refractivity contribution >= 4 is 5.97 Å². The molecule has 24 heavy (non-hydrogen) atoms. The SMILES string of the molecule is CC.Cc1ccc(-c2cc(-c3ccc(C(=O)O)cc3)nn2C)cc1. The molecular formula is C20H22N2O2. The van der Waals surface area contributed by atoms with E-state index in [1.807, 2.05) is 31.6 Å². The summed E-state index contributed by atoms with van der Waals surface area (Å²) in [6, 6.07) is 17.1. The molecule has 0 radical (unpaired) electrons. The van der Waals surface area contributed by atoms with Crippen LogP contribution in [-0.2, 0) is 7.05 Å². The van der Waals surface area contributed by atoms with Crippen LogP contribution in [0.3, 0.4) is 0 Å². The monoisotopic (exact) mass is 322 g/mol. The highest BCUT2D eigenvalue weighted by Crippen LogP contribution is 2.26. The number of aromatic carboxylic acids is 1. The molecule has 2 aromatic carbocycles. The molecule has 1 heterocycles. The molecule has 0 aliphatic heterocycles. The van der Waals surface area contributed by atoms with Crippen LogP contribution < -0.4 is 0 Å². The van der Waals surface area contributed by atoms with Gasteiger partial charge < -0.3 is 5.11 Å². The third-order valence-electron chi connectivity index (χ3n) is 3.65. The van der Waals surface area contributed by atoms with Gasteiger partial charge in [-0.25, -0.2) is 4.79 Å². The molecule has 3 aromatic rings. The summed E-state index contributed by atoms with van der Waals surface area (Å²) in [5, 5.41) is 13.5. The van der Waals surface area contributed by atoms with E-state index in [1.54, 1.807) is 24.3 Å². The predicted octanol–water partition coefficient (Wildman–Crippen LogP) is 4.79. The normalized spacial score (nSPS) is 10.0. The molecule has 124 valence electrons. The standard InChI is InChI=1S/C18H16N2O2.C2H6/c1-12-3-5-14(6-4-12)17-11-16(19-20(17)2)13-7-9-15(10-8-13)18(21)22;1-2/h3-11H,1-2H3,(H,21,22);1-2H3. The van der Waals surface area contributed by atoms with Gasteiger partial charge in [-0.15, -0.1) is 0 Å². The van der Waals surface area contributed by atoms with E-state index >= 15 is 0 Å². The van der Waals surface area contributed by atoms with Crippen LogP contribution in [0.5, 0.6) is 0 Å². The Bertz CT molecular complexity index is 816. The number of rotatable bonds is 3. The zero-order chi connectivity index (χ0) is 17.7. The van der Waals surface area contributed by atoms with Crippen molar-refractivity contribution in [3.8, 4) is 22.5 Å². The molecule has 4 heteroatoms. The first kappa shape index (κ1) is 17.5. The van der Waals surface area contributed by atoms with E-state index in [2.05, 4.69) is 36.3 Å². The molecule has 0 bridgehead atoms. The van der Waals surface area contributed by atoms with Crippen molar-refractivity contribution in [2.75, 3.05) is 0 Å². The second kappa shape index (κ2) is 7.59. The Hall–Kier alpha value is -2.88. The Morgan fingerprint density at radius 2 is 1.50 bits per heavy atom. The van der Waals surface area contributed by atoms with Crippen molar-refractivity contribution in [3.05, 3.63) is 65.7 Å². The van der Waals surface area contributed by atoms with Crippen LogP contribution in [0, 0.1) is 6.92 Å². The number of carboxylic acids is 1. The maximum Gasteiger partial charge on any atom is 0.335 e. The number of nitrogens with zero attached hydrogens (tertiary/aromatic N) is 2. The lowest BCUT2D eigenvalue weighted by Crippen LogP contribution is -1.95. The van der Waals surface area contributed by atoms with Crippen LogP contribution in [0.25, 0.3) is 22.5 Å². The second-order valence-electron chi connectivity index (χ2n) is 5.29. The molecule has 0 aliphatic rings. The number of hydrogen-bond donors (Lipinski definition) is 1. The van der Waals surface area contributed by atoms with E-state index in [4.69, 9.17) is 5.11 Å². The molecule has 1 aromatic heterocycles. The molecule has 0 saturated carbocycles. The minimum absolute atomic E-state index is 0.276. The zero-order valence-corrected chi connectivity index (χ0v) is 14.4. The maximum absolute atomic E-state index is 10.9. The smallest absolute Gasteiger partial charge is 0.335 e. The molecule has 1 N–H and O–H groups in total. The lowest BCUT2D eigenvalue weighted by atomic mass is 10.1. The van der Waals surface area contributed by atoms with Gasteiger partial charge in [0.1, 0.15) is 0 Å². The molecule has 0 aliphatic carbocycles. The van der Waals surface area contributed by atoms with Crippen molar-refractivity contribution < 1.29 is 9.90 Å². The van der Waals surface area contributed by atoms with Gasteiger partial charge in [0.15, 0.2) is 0 Å². The third kappa shape index (κ3) is 3.71. The molecule has 0 unspecified atom stereocenters. The predicted molar refractivity (Wildman–Crippen MR) is 97.1 cm³/mol. The first-order chi connectivity index (χ1) is 11.5. The van der Waals surface area contributed by atoms with Crippen LogP contribution >= 0.6 is 0 Å². The average Bonchev–Trinajstić information content (AvgIpc) is 2.99. The molecule has 0 fully saturated rings. The summed E-state index contributed by atoms with van der Waals surface area (Å²) >= 11 is 0. The van der Waals surface area contributed by atoms with Crippen molar-refractivity contribution in [3.63, 3.8) is 0 Å². The third-order valence-corrected chi connectivity index (χ3v) is 3.65. The van der Waals surface area contributed by atoms with Gasteiger partial charge in [-0.3, -0.25) is 4.68 Å². The van der Waals surface area contributed by atoms with Gasteiger partial charge in [0.25, 0.3) is 0 Å². The van der Waals surface area contributed by atoms with Crippen LogP contribution in [-0.4, -0.2) is 20.9 Å². The summed E-state index contributed by atoms with van der Waals surface area (Å²) in [4.78, 5) is 10.9. The summed E-state index contributed by atoms with van der Waals surface area (Å²) in [6.45, 7) is 6.06. The van der Waals surface area contributed by atoms with Crippen molar-refractivity contribution in [1.29, 1.82) is 0 Å². The molecule has 4 nitrogen and oxygen atoms in total. The fourth-order valence-electron chi connectivity index (χ4n) is 2.39. The number of carboxylic acid groups (broad SMARTS) is 1. The van der Waals surface area contributed by atoms with Gasteiger partial charge in [0.05, 0.1) is 17.0 Å². The highest BCUT2D eigenvalue weighted by atomic mass is 16.4. The van der Waals surface area contributed by atoms with E-state index < -0.39 is 5.97 Å². The van der Waals surface area contributed by atoms with E-state index in [0.29, 0.717) is 0 Å². The number of aromatic nitrogens is 2. The highest BCUT2D eigenvalue weighted by molar-refractivity contribution is 5.88. The number of aryl methyl sites for hydroxylation is 2. The first-order valence-electron chi connectivity index (χ1n) is 7.99. The molecule has 0 amide bonds. The van der Waals surface area contributed by atoms with E-state index in [-0.39, 0.29) is 5.56 Å². The lowest BCUT2D eigenvalue weighted by Gasteiger charge is -2.01. The van der Waals surface area contributed by atoms with Gasteiger partial charge in [-0.1, -0.05) is 55.8 Å². The van der Waals surface area contributed by atoms with Crippen molar-refractivity contribution in [2.45, 2.75) is 20.8 Å². The number of hydrogen-bond acceptors (Lipinski definition) is 2. The number of benzene rings is 2. The quantitative estimate of drug-likeness (QED) is 0.754. The largest absolute Gasteiger partial charge is 0.478 e. The van der Waals surface area contributed by atoms with Crippen LogP contribution in [0.2, 0.25) is 0 Å². The Morgan fingerprint density at radius 3 is 2.04 bits per heavy atom. The second-order valence-corrected chi connectivity index (χ2v) is 5.29. The van der Waals surface area contributed by atoms with Crippen molar-refractivity contribution in [1.82, 2.24) is 9.78 Å². The Balaban J connectivity index is 0.00000100. The maximum atomic E-state index is 10.9. The lowest BCUT2D eigenvalue weighted by molar-refractivity contribution is 0.0697. The highest BCUT2D eigenvalue weighted by Gasteiger charge is 2.10. The summed E-state index contributed by atoms with van der Waals surface area (Å²) < 4.78 is 1.84. The summed E-state index contributed by atoms with van der Waals surface area (Å²) in [7, 11) is 1.91. The first-order valence-corrected chi connectivity index (χ1v) is 7.99. The number of carbonyl (C=O) groups is 1. The van der Waals surface area contributed by atoms with Gasteiger partial charge in [0.2, 0.25) is 0 Å². The molecule has 0 atom stereocenters. The zero-order valence-electron chi connectivity index (χ0n) is 14.4. The van der Waals surface area contributed by atoms with Crippen LogP contribution in [0.4, 0.5) is 0 Å². The fourth-order valence-corrected chi connectivity index (χ4v) is 2.39. The Labute approximate surface area is 142 Å². The molecule has 0 saturated heterocycles. The van der Waals surface area contributed by atoms with Gasteiger partial charge >= 0.3 is 5.97 Å². The Morgan fingerprint density at radius 1 is 0.958 bits per heavy atom. The summed E-state index contributed by atoms with van der Waals surface area (Å²) in [5.74, 6) is -0.923. The van der Waals surface area contributed by atoms with E-state index in [9.17, 15) is 4.79 Å². The van der Waals surface area contributed by atoms with E-state index in [1.165, 1.54) is 5.56 Å². The van der Waals surface area contributed by atoms with E-state index in [0.717, 1.165) is 22.5 Å². The molecule has 3 rings (SSSR count). The van der Waals surface area contributed by atoms with Gasteiger partial charge in [-0.2, -0.15) is 5.10 Å². The van der Waals surface area contributed by atoms with Gasteiger partial charge in [0, 0.05) is 12.6 Å². The van der Waals surface area contributed by atoms with Crippen molar-refractivity contribution in [2.24, 2.45) is 7.05 Å². The minimum Gasteiger partial charge on any atom is -0.478 e. The molecular weight excluding hydrogens is 300 g/mol. The van der Waals surface area contributed by atoms with Crippen LogP contribution in [0.15, 0.2) is 54.6 Å². The molecule has 0 spiro atoms. The van der Waals surface area contributed by atoms with Gasteiger partial charge in [-0.05, 0) is 30.7 Å². The minimum atomic E-state index is -0.923. The fraction of sp³-hybridized carbons (Fsp3) is 0.200. The average molecular weight is 322 g/mol. The van der Waals surface area contributed by atoms with Crippen LogP contribution in [0.1, 0.15) is 29.8 Å². The summed E-state index contributed by atoms with van der Waals surface area (Å²) in [5.41, 5.74) is 5.36.